The highest BCUT2D eigenvalue weighted by atomic mass is 32.2. The van der Waals surface area contributed by atoms with Crippen LogP contribution in [0.25, 0.3) is 17.3 Å². The van der Waals surface area contributed by atoms with Gasteiger partial charge in [0.1, 0.15) is 11.9 Å². The first-order chi connectivity index (χ1) is 17.9. The largest absolute Gasteiger partial charge is 0.458 e. The molecule has 0 spiro atoms. The number of cyclic esters (lactones) is 1. The second-order valence-corrected chi connectivity index (χ2v) is 18.7. The van der Waals surface area contributed by atoms with Crippen molar-refractivity contribution in [3.05, 3.63) is 47.4 Å². The van der Waals surface area contributed by atoms with Crippen LogP contribution in [0.5, 0.6) is 0 Å². The number of carbonyl (C=O) groups excluding carboxylic acids is 1. The second kappa shape index (κ2) is 11.5. The van der Waals surface area contributed by atoms with Crippen molar-refractivity contribution >= 4 is 36.3 Å². The van der Waals surface area contributed by atoms with Gasteiger partial charge in [0.15, 0.2) is 8.32 Å². The number of hydrogen-bond acceptors (Lipinski definition) is 7. The van der Waals surface area contributed by atoms with E-state index in [9.17, 15) is 17.6 Å². The highest BCUT2D eigenvalue weighted by molar-refractivity contribution is 7.92. The van der Waals surface area contributed by atoms with Crippen LogP contribution in [0.2, 0.25) is 18.1 Å². The molecule has 1 aliphatic rings. The molecule has 1 fully saturated rings. The van der Waals surface area contributed by atoms with Crippen LogP contribution in [-0.4, -0.2) is 58.2 Å². The summed E-state index contributed by atoms with van der Waals surface area (Å²) < 4.78 is 51.5. The van der Waals surface area contributed by atoms with Crippen molar-refractivity contribution in [3.63, 3.8) is 0 Å². The quantitative estimate of drug-likeness (QED) is 0.284. The zero-order valence-corrected chi connectivity index (χ0v) is 26.1. The molecule has 0 amide bonds. The van der Waals surface area contributed by atoms with Crippen molar-refractivity contribution < 1.29 is 26.8 Å². The molecule has 1 saturated heterocycles. The van der Waals surface area contributed by atoms with E-state index < -0.39 is 30.3 Å². The zero-order chi connectivity index (χ0) is 29.3. The van der Waals surface area contributed by atoms with E-state index in [1.165, 1.54) is 19.2 Å². The number of aromatic nitrogens is 2. The molecular formula is C28H40FN3O5SSi. The molecular weight excluding hydrogens is 537 g/mol. The number of nitrogens with zero attached hydrogens (tertiary/aromatic N) is 3. The number of anilines is 1. The highest BCUT2D eigenvalue weighted by Crippen LogP contribution is 2.39. The van der Waals surface area contributed by atoms with E-state index in [-0.39, 0.29) is 35.4 Å². The lowest BCUT2D eigenvalue weighted by Crippen LogP contribution is -2.46. The van der Waals surface area contributed by atoms with Crippen molar-refractivity contribution in [2.24, 2.45) is 0 Å². The van der Waals surface area contributed by atoms with Crippen molar-refractivity contribution in [2.75, 3.05) is 17.6 Å². The normalized spacial score (nSPS) is 19.0. The Hall–Kier alpha value is -2.63. The lowest BCUT2D eigenvalue weighted by Gasteiger charge is -2.40. The van der Waals surface area contributed by atoms with Gasteiger partial charge in [-0.15, -0.1) is 0 Å². The van der Waals surface area contributed by atoms with Crippen LogP contribution in [-0.2, 0) is 24.0 Å². The molecule has 0 saturated carbocycles. The highest BCUT2D eigenvalue weighted by Gasteiger charge is 2.41. The van der Waals surface area contributed by atoms with Crippen molar-refractivity contribution in [1.29, 1.82) is 0 Å². The van der Waals surface area contributed by atoms with Gasteiger partial charge in [-0.2, -0.15) is 0 Å². The molecule has 1 aliphatic heterocycles. The maximum absolute atomic E-state index is 13.7. The summed E-state index contributed by atoms with van der Waals surface area (Å²) in [5, 5.41) is 0.00806. The minimum Gasteiger partial charge on any atom is -0.458 e. The molecule has 11 heteroatoms. The third-order valence-corrected chi connectivity index (χ3v) is 13.0. The van der Waals surface area contributed by atoms with E-state index in [0.717, 1.165) is 10.6 Å². The van der Waals surface area contributed by atoms with Gasteiger partial charge in [0.25, 0.3) is 0 Å². The van der Waals surface area contributed by atoms with E-state index in [1.807, 2.05) is 19.9 Å². The lowest BCUT2D eigenvalue weighted by molar-refractivity contribution is -0.155. The Morgan fingerprint density at radius 1 is 1.18 bits per heavy atom. The molecule has 8 nitrogen and oxygen atoms in total. The van der Waals surface area contributed by atoms with Crippen LogP contribution in [0.1, 0.15) is 64.6 Å². The number of benzene rings is 1. The molecule has 0 bridgehead atoms. The summed E-state index contributed by atoms with van der Waals surface area (Å²) in [5.74, 6) is -0.792. The fraction of sp³-hybridized carbons (Fsp3) is 0.536. The average molecular weight is 578 g/mol. The Balaban J connectivity index is 2.06. The molecule has 2 atom stereocenters. The van der Waals surface area contributed by atoms with Crippen LogP contribution >= 0.6 is 0 Å². The molecule has 0 N–H and O–H groups in total. The average Bonchev–Trinajstić information content (AvgIpc) is 2.80. The van der Waals surface area contributed by atoms with Gasteiger partial charge in [-0.1, -0.05) is 40.7 Å². The molecule has 0 unspecified atom stereocenters. The molecule has 0 aliphatic carbocycles. The van der Waals surface area contributed by atoms with E-state index in [2.05, 4.69) is 43.8 Å². The molecule has 39 heavy (non-hydrogen) atoms. The molecule has 3 rings (SSSR count). The van der Waals surface area contributed by atoms with Crippen LogP contribution < -0.4 is 4.31 Å². The molecule has 1 aromatic carbocycles. The van der Waals surface area contributed by atoms with Gasteiger partial charge in [-0.3, -0.25) is 4.79 Å². The minimum atomic E-state index is -3.62. The van der Waals surface area contributed by atoms with Crippen molar-refractivity contribution in [3.8, 4) is 11.3 Å². The predicted octanol–water partition coefficient (Wildman–Crippen LogP) is 5.91. The van der Waals surface area contributed by atoms with Gasteiger partial charge in [0.2, 0.25) is 16.0 Å². The lowest BCUT2D eigenvalue weighted by atomic mass is 9.97. The number of hydrogen-bond donors (Lipinski definition) is 0. The molecule has 0 radical (unpaired) electrons. The first-order valence-corrected chi connectivity index (χ1v) is 17.8. The third-order valence-electron chi connectivity index (χ3n) is 7.32. The van der Waals surface area contributed by atoms with Gasteiger partial charge in [0.05, 0.1) is 30.2 Å². The Labute approximate surface area is 232 Å². The van der Waals surface area contributed by atoms with Gasteiger partial charge >= 0.3 is 5.97 Å². The number of esters is 1. The smallest absolute Gasteiger partial charge is 0.308 e. The Morgan fingerprint density at radius 2 is 1.79 bits per heavy atom. The monoisotopic (exact) mass is 577 g/mol. The standard InChI is InChI=1S/C28H40FN3O5SSi/c1-18(2)25-23(15-14-21-16-22(17-24(33)36-21)37-39(8,9)28(3,4)5)26(19-10-12-20(29)13-11-19)31-27(30-25)32(6)38(7,34)35/h10-15,18,21-22H,16-17H2,1-9H3/b15-14+/t21-,22-/m0/s1. The minimum absolute atomic E-state index is 0.00806. The topological polar surface area (TPSA) is 98.7 Å². The Bertz CT molecular complexity index is 1340. The molecule has 2 aromatic rings. The van der Waals surface area contributed by atoms with E-state index >= 15 is 0 Å². The van der Waals surface area contributed by atoms with E-state index in [1.54, 1.807) is 18.2 Å². The summed E-state index contributed by atoms with van der Waals surface area (Å²) in [6, 6.07) is 5.83. The van der Waals surface area contributed by atoms with Crippen LogP contribution in [0.15, 0.2) is 30.3 Å². The van der Waals surface area contributed by atoms with Gasteiger partial charge < -0.3 is 9.16 Å². The second-order valence-electron chi connectivity index (χ2n) is 11.9. The summed E-state index contributed by atoms with van der Waals surface area (Å²) in [6.45, 7) is 14.7. The SMILES string of the molecule is CC(C)c1nc(N(C)S(C)(=O)=O)nc(-c2ccc(F)cc2)c1/C=C/[C@H]1C[C@H](O[Si](C)(C)C(C)(C)C)CC(=O)O1. The summed E-state index contributed by atoms with van der Waals surface area (Å²) in [6.07, 6.45) is 4.67. The van der Waals surface area contributed by atoms with E-state index in [4.69, 9.17) is 9.16 Å². The van der Waals surface area contributed by atoms with Crippen LogP contribution in [0.3, 0.4) is 0 Å². The Kier molecular flexibility index (Phi) is 9.08. The van der Waals surface area contributed by atoms with Gasteiger partial charge in [-0.05, 0) is 54.4 Å². The summed E-state index contributed by atoms with van der Waals surface area (Å²) in [5.41, 5.74) is 2.31. The van der Waals surface area contributed by atoms with Crippen LogP contribution in [0, 0.1) is 5.82 Å². The van der Waals surface area contributed by atoms with Crippen LogP contribution in [0.4, 0.5) is 10.3 Å². The number of halogens is 1. The molecule has 214 valence electrons. The zero-order valence-electron chi connectivity index (χ0n) is 24.3. The third kappa shape index (κ3) is 7.52. The number of carbonyl (C=O) groups is 1. The number of rotatable bonds is 8. The first kappa shape index (κ1) is 30.9. The Morgan fingerprint density at radius 3 is 2.33 bits per heavy atom. The van der Waals surface area contributed by atoms with Crippen molar-refractivity contribution in [1.82, 2.24) is 9.97 Å². The first-order valence-electron chi connectivity index (χ1n) is 13.1. The fourth-order valence-corrected chi connectivity index (χ4v) is 5.74. The van der Waals surface area contributed by atoms with Gasteiger partial charge in [-0.25, -0.2) is 27.1 Å². The molecule has 2 heterocycles. The molecule has 1 aromatic heterocycles. The van der Waals surface area contributed by atoms with E-state index in [0.29, 0.717) is 28.9 Å². The maximum Gasteiger partial charge on any atom is 0.308 e. The maximum atomic E-state index is 13.7. The fourth-order valence-electron chi connectivity index (χ4n) is 3.99. The van der Waals surface area contributed by atoms with Crippen molar-refractivity contribution in [2.45, 2.75) is 83.7 Å². The summed E-state index contributed by atoms with van der Waals surface area (Å²) in [7, 11) is -4.32. The summed E-state index contributed by atoms with van der Waals surface area (Å²) in [4.78, 5) is 21.7. The predicted molar refractivity (Wildman–Crippen MR) is 155 cm³/mol. The summed E-state index contributed by atoms with van der Waals surface area (Å²) >= 11 is 0. The number of sulfonamides is 1. The van der Waals surface area contributed by atoms with Gasteiger partial charge in [0, 0.05) is 24.6 Å². The number of ether oxygens (including phenoxy) is 1.